The molecular weight excluding hydrogens is 260 g/mol. The summed E-state index contributed by atoms with van der Waals surface area (Å²) in [7, 11) is 0. The minimum absolute atomic E-state index is 0.0900. The minimum Gasteiger partial charge on any atom is -0.496 e. The molecule has 1 aliphatic carbocycles. The van der Waals surface area contributed by atoms with Gasteiger partial charge in [-0.3, -0.25) is 0 Å². The fourth-order valence-corrected chi connectivity index (χ4v) is 3.21. The Balaban J connectivity index is 2.19. The molecule has 2 aliphatic rings. The molecule has 0 aromatic rings. The highest BCUT2D eigenvalue weighted by molar-refractivity contribution is 5.04. The third-order valence-corrected chi connectivity index (χ3v) is 4.05. The normalized spacial score (nSPS) is 30.4. The fourth-order valence-electron chi connectivity index (χ4n) is 3.21. The highest BCUT2D eigenvalue weighted by Gasteiger charge is 2.52. The third kappa shape index (κ3) is 3.17. The van der Waals surface area contributed by atoms with E-state index in [9.17, 15) is 5.11 Å². The number of hydrogen-bond donors (Lipinski definition) is 1. The Bertz CT molecular complexity index is 324. The van der Waals surface area contributed by atoms with Crippen LogP contribution in [0.3, 0.4) is 0 Å². The van der Waals surface area contributed by atoms with Crippen molar-refractivity contribution in [1.29, 1.82) is 0 Å². The van der Waals surface area contributed by atoms with Crippen LogP contribution in [0, 0.1) is 5.92 Å². The molecule has 1 N–H and O–H groups in total. The number of aliphatic hydroxyl groups excluding tert-OH is 1. The van der Waals surface area contributed by atoms with E-state index in [2.05, 4.69) is 6.58 Å². The van der Waals surface area contributed by atoms with Crippen LogP contribution >= 0.6 is 0 Å². The largest absolute Gasteiger partial charge is 0.496 e. The monoisotopic (exact) mass is 286 g/mol. The molecule has 1 saturated heterocycles. The number of hydrogen-bond acceptors (Lipinski definition) is 5. The van der Waals surface area contributed by atoms with Crippen LogP contribution in [-0.2, 0) is 18.9 Å². The van der Waals surface area contributed by atoms with Gasteiger partial charge in [-0.1, -0.05) is 6.58 Å². The van der Waals surface area contributed by atoms with Crippen LogP contribution in [0.15, 0.2) is 12.3 Å². The van der Waals surface area contributed by atoms with Crippen molar-refractivity contribution >= 4 is 0 Å². The second kappa shape index (κ2) is 6.89. The van der Waals surface area contributed by atoms with Crippen molar-refractivity contribution < 1.29 is 24.1 Å². The highest BCUT2D eigenvalue weighted by atomic mass is 16.7. The van der Waals surface area contributed by atoms with E-state index >= 15 is 0 Å². The summed E-state index contributed by atoms with van der Waals surface area (Å²) in [6.07, 6.45) is 1.29. The summed E-state index contributed by atoms with van der Waals surface area (Å²) in [5.74, 6) is -0.154. The van der Waals surface area contributed by atoms with Gasteiger partial charge in [0.25, 0.3) is 0 Å². The van der Waals surface area contributed by atoms with Gasteiger partial charge in [0.2, 0.25) is 0 Å². The molecule has 20 heavy (non-hydrogen) atoms. The second-order valence-electron chi connectivity index (χ2n) is 5.32. The first-order valence-corrected chi connectivity index (χ1v) is 7.52. The predicted octanol–water partition coefficient (Wildman–Crippen LogP) is 1.85. The number of ether oxygens (including phenoxy) is 4. The molecule has 1 heterocycles. The Morgan fingerprint density at radius 1 is 1.35 bits per heavy atom. The molecule has 0 radical (unpaired) electrons. The summed E-state index contributed by atoms with van der Waals surface area (Å²) >= 11 is 0. The van der Waals surface area contributed by atoms with Gasteiger partial charge in [-0.2, -0.15) is 0 Å². The maximum atomic E-state index is 10.0. The van der Waals surface area contributed by atoms with Gasteiger partial charge in [-0.25, -0.2) is 0 Å². The lowest BCUT2D eigenvalue weighted by molar-refractivity contribution is -0.247. The summed E-state index contributed by atoms with van der Waals surface area (Å²) in [5.41, 5.74) is 0. The van der Waals surface area contributed by atoms with Gasteiger partial charge in [0, 0.05) is 18.9 Å². The van der Waals surface area contributed by atoms with Gasteiger partial charge in [0.05, 0.1) is 25.9 Å². The van der Waals surface area contributed by atoms with Crippen molar-refractivity contribution in [2.75, 3.05) is 26.4 Å². The van der Waals surface area contributed by atoms with Gasteiger partial charge in [-0.15, -0.1) is 0 Å². The average molecular weight is 286 g/mol. The van der Waals surface area contributed by atoms with Crippen molar-refractivity contribution in [1.82, 2.24) is 0 Å². The van der Waals surface area contributed by atoms with Crippen LogP contribution in [0.1, 0.15) is 33.1 Å². The zero-order valence-electron chi connectivity index (χ0n) is 12.5. The van der Waals surface area contributed by atoms with Gasteiger partial charge < -0.3 is 24.1 Å². The summed E-state index contributed by atoms with van der Waals surface area (Å²) in [6, 6.07) is 0. The van der Waals surface area contributed by atoms with E-state index in [-0.39, 0.29) is 18.1 Å². The first-order valence-electron chi connectivity index (χ1n) is 7.52. The summed E-state index contributed by atoms with van der Waals surface area (Å²) < 4.78 is 23.1. The average Bonchev–Trinajstić information content (AvgIpc) is 2.89. The summed E-state index contributed by atoms with van der Waals surface area (Å²) in [6.45, 7) is 10.1. The minimum atomic E-state index is -0.654. The number of rotatable bonds is 6. The van der Waals surface area contributed by atoms with Crippen LogP contribution in [-0.4, -0.2) is 49.5 Å². The van der Waals surface area contributed by atoms with Gasteiger partial charge >= 0.3 is 0 Å². The van der Waals surface area contributed by atoms with Crippen LogP contribution in [0.2, 0.25) is 0 Å². The van der Waals surface area contributed by atoms with E-state index in [1.807, 2.05) is 13.8 Å². The van der Waals surface area contributed by atoms with Crippen molar-refractivity contribution in [2.45, 2.75) is 51.1 Å². The number of aliphatic hydroxyl groups is 1. The molecule has 116 valence electrons. The van der Waals surface area contributed by atoms with E-state index in [0.717, 1.165) is 0 Å². The molecule has 3 unspecified atom stereocenters. The zero-order valence-corrected chi connectivity index (χ0v) is 12.5. The van der Waals surface area contributed by atoms with Crippen molar-refractivity contribution in [3.05, 3.63) is 12.3 Å². The van der Waals surface area contributed by atoms with Crippen molar-refractivity contribution in [3.8, 4) is 0 Å². The maximum Gasteiger partial charge on any atom is 0.174 e. The van der Waals surface area contributed by atoms with Crippen LogP contribution < -0.4 is 0 Å². The first-order chi connectivity index (χ1) is 9.63. The zero-order chi connectivity index (χ0) is 14.6. The molecule has 0 amide bonds. The van der Waals surface area contributed by atoms with Crippen molar-refractivity contribution in [2.24, 2.45) is 5.92 Å². The topological polar surface area (TPSA) is 57.2 Å². The molecular formula is C15H26O5. The highest BCUT2D eigenvalue weighted by Crippen LogP contribution is 2.44. The lowest BCUT2D eigenvalue weighted by Gasteiger charge is -2.44. The van der Waals surface area contributed by atoms with Crippen LogP contribution in [0.25, 0.3) is 0 Å². The summed E-state index contributed by atoms with van der Waals surface area (Å²) in [4.78, 5) is 0. The van der Waals surface area contributed by atoms with Crippen LogP contribution in [0.5, 0.6) is 0 Å². The Labute approximate surface area is 120 Å². The quantitative estimate of drug-likeness (QED) is 0.755. The van der Waals surface area contributed by atoms with Crippen LogP contribution in [0.4, 0.5) is 0 Å². The molecule has 1 aliphatic heterocycles. The predicted molar refractivity (Wildman–Crippen MR) is 74.2 cm³/mol. The van der Waals surface area contributed by atoms with E-state index in [1.54, 1.807) is 0 Å². The Kier molecular flexibility index (Phi) is 5.43. The standard InChI is InChI=1S/C15H26O5/c1-4-17-11(3)14(18-5-2)13-10-12(16)6-7-15(13)19-8-9-20-15/h12-14,16H,3-10H2,1-2H3. The third-order valence-electron chi connectivity index (χ3n) is 4.05. The fraction of sp³-hybridized carbons (Fsp3) is 0.867. The first kappa shape index (κ1) is 15.8. The summed E-state index contributed by atoms with van der Waals surface area (Å²) in [5, 5.41) is 10.0. The molecule has 1 spiro atoms. The lowest BCUT2D eigenvalue weighted by Crippen LogP contribution is -2.51. The van der Waals surface area contributed by atoms with Gasteiger partial charge in [0.15, 0.2) is 5.79 Å². The SMILES string of the molecule is C=C(OCC)C(OCC)C1CC(O)CCC12OCCO2. The van der Waals surface area contributed by atoms with E-state index in [4.69, 9.17) is 18.9 Å². The Morgan fingerprint density at radius 2 is 2.05 bits per heavy atom. The smallest absolute Gasteiger partial charge is 0.174 e. The molecule has 0 aromatic heterocycles. The maximum absolute atomic E-state index is 10.0. The Hall–Kier alpha value is -0.620. The molecule has 5 nitrogen and oxygen atoms in total. The van der Waals surface area contributed by atoms with Crippen molar-refractivity contribution in [3.63, 3.8) is 0 Å². The molecule has 1 saturated carbocycles. The molecule has 2 rings (SSSR count). The van der Waals surface area contributed by atoms with Gasteiger partial charge in [-0.05, 0) is 26.7 Å². The molecule has 2 fully saturated rings. The van der Waals surface area contributed by atoms with E-state index in [1.165, 1.54) is 0 Å². The van der Waals surface area contributed by atoms with Gasteiger partial charge in [0.1, 0.15) is 11.9 Å². The van der Waals surface area contributed by atoms with E-state index in [0.29, 0.717) is 51.4 Å². The Morgan fingerprint density at radius 3 is 2.65 bits per heavy atom. The lowest BCUT2D eigenvalue weighted by atomic mass is 9.77. The molecule has 3 atom stereocenters. The molecule has 0 bridgehead atoms. The molecule has 0 aromatic carbocycles. The molecule has 5 heteroatoms. The second-order valence-corrected chi connectivity index (χ2v) is 5.32. The van der Waals surface area contributed by atoms with E-state index < -0.39 is 5.79 Å².